The largest absolute Gasteiger partial charge is 0.473 e. The number of nitrogens with zero attached hydrogens (tertiary/aromatic N) is 3. The Morgan fingerprint density at radius 2 is 2.04 bits per heavy atom. The molecule has 0 unspecified atom stereocenters. The van der Waals surface area contributed by atoms with Gasteiger partial charge >= 0.3 is 6.01 Å². The second-order valence-corrected chi connectivity index (χ2v) is 4.76. The number of nitrogens with one attached hydrogen (secondary N) is 1. The van der Waals surface area contributed by atoms with Crippen LogP contribution in [-0.2, 0) is 6.61 Å². The minimum absolute atomic E-state index is 0.0527. The molecule has 116 valence electrons. The SMILES string of the molecule is Cc1noc(NC(=O)c2ccc(OCc3ccccc3)nc2)n1. The van der Waals surface area contributed by atoms with Crippen LogP contribution in [0.3, 0.4) is 0 Å². The third-order valence-electron chi connectivity index (χ3n) is 2.98. The highest BCUT2D eigenvalue weighted by Crippen LogP contribution is 2.12. The monoisotopic (exact) mass is 310 g/mol. The van der Waals surface area contributed by atoms with Crippen molar-refractivity contribution in [3.05, 3.63) is 65.6 Å². The van der Waals surface area contributed by atoms with E-state index in [4.69, 9.17) is 9.26 Å². The molecule has 0 spiro atoms. The normalized spacial score (nSPS) is 10.3. The van der Waals surface area contributed by atoms with E-state index >= 15 is 0 Å². The first-order valence-corrected chi connectivity index (χ1v) is 6.95. The molecule has 0 radical (unpaired) electrons. The van der Waals surface area contributed by atoms with E-state index in [0.717, 1.165) is 5.56 Å². The van der Waals surface area contributed by atoms with E-state index in [2.05, 4.69) is 20.4 Å². The smallest absolute Gasteiger partial charge is 0.328 e. The van der Waals surface area contributed by atoms with Crippen LogP contribution < -0.4 is 10.1 Å². The molecule has 2 heterocycles. The van der Waals surface area contributed by atoms with Crippen molar-refractivity contribution in [1.29, 1.82) is 0 Å². The number of hydrogen-bond donors (Lipinski definition) is 1. The fourth-order valence-electron chi connectivity index (χ4n) is 1.85. The summed E-state index contributed by atoms with van der Waals surface area (Å²) in [4.78, 5) is 20.0. The number of amides is 1. The highest BCUT2D eigenvalue weighted by atomic mass is 16.5. The third-order valence-corrected chi connectivity index (χ3v) is 2.98. The van der Waals surface area contributed by atoms with Crippen LogP contribution in [0.1, 0.15) is 21.7 Å². The van der Waals surface area contributed by atoms with Crippen LogP contribution in [0.25, 0.3) is 0 Å². The first-order valence-electron chi connectivity index (χ1n) is 6.95. The van der Waals surface area contributed by atoms with Crippen molar-refractivity contribution in [1.82, 2.24) is 15.1 Å². The van der Waals surface area contributed by atoms with E-state index in [1.165, 1.54) is 6.20 Å². The van der Waals surface area contributed by atoms with Crippen molar-refractivity contribution in [3.8, 4) is 5.88 Å². The Balaban J connectivity index is 1.59. The number of carbonyl (C=O) groups excluding carboxylic acids is 1. The molecular weight excluding hydrogens is 296 g/mol. The molecule has 0 aliphatic heterocycles. The van der Waals surface area contributed by atoms with Gasteiger partial charge in [0.25, 0.3) is 5.91 Å². The van der Waals surface area contributed by atoms with Gasteiger partial charge in [-0.15, -0.1) is 0 Å². The summed E-state index contributed by atoms with van der Waals surface area (Å²) >= 11 is 0. The molecule has 7 nitrogen and oxygen atoms in total. The fraction of sp³-hybridized carbons (Fsp3) is 0.125. The summed E-state index contributed by atoms with van der Waals surface area (Å²) in [6, 6.07) is 13.1. The lowest BCUT2D eigenvalue weighted by molar-refractivity contribution is 0.102. The second kappa shape index (κ2) is 6.69. The highest BCUT2D eigenvalue weighted by molar-refractivity contribution is 6.02. The minimum atomic E-state index is -0.379. The van der Waals surface area contributed by atoms with E-state index < -0.39 is 0 Å². The molecule has 23 heavy (non-hydrogen) atoms. The zero-order chi connectivity index (χ0) is 16.1. The van der Waals surface area contributed by atoms with E-state index in [-0.39, 0.29) is 11.9 Å². The molecule has 1 N–H and O–H groups in total. The molecule has 3 aromatic rings. The number of aromatic nitrogens is 3. The number of hydrogen-bond acceptors (Lipinski definition) is 6. The van der Waals surface area contributed by atoms with Gasteiger partial charge in [-0.3, -0.25) is 10.1 Å². The van der Waals surface area contributed by atoms with Gasteiger partial charge in [0.05, 0.1) is 5.56 Å². The van der Waals surface area contributed by atoms with Crippen molar-refractivity contribution in [2.24, 2.45) is 0 Å². The van der Waals surface area contributed by atoms with Gasteiger partial charge in [-0.2, -0.15) is 4.98 Å². The Morgan fingerprint density at radius 3 is 2.70 bits per heavy atom. The molecule has 1 aromatic carbocycles. The Kier molecular flexibility index (Phi) is 4.28. The predicted molar refractivity (Wildman–Crippen MR) is 82.0 cm³/mol. The molecule has 0 saturated carbocycles. The lowest BCUT2D eigenvalue weighted by Gasteiger charge is -2.06. The highest BCUT2D eigenvalue weighted by Gasteiger charge is 2.11. The van der Waals surface area contributed by atoms with Gasteiger partial charge < -0.3 is 9.26 Å². The van der Waals surface area contributed by atoms with E-state index in [1.807, 2.05) is 30.3 Å². The Labute approximate surface area is 132 Å². The molecular formula is C16H14N4O3. The molecule has 1 amide bonds. The fourth-order valence-corrected chi connectivity index (χ4v) is 1.85. The average Bonchev–Trinajstić information content (AvgIpc) is 2.99. The molecule has 0 atom stereocenters. The standard InChI is InChI=1S/C16H14N4O3/c1-11-18-16(23-20-11)19-15(21)13-7-8-14(17-9-13)22-10-12-5-3-2-4-6-12/h2-9H,10H2,1H3,(H,18,19,20,21). The molecule has 7 heteroatoms. The Hall–Kier alpha value is -3.22. The summed E-state index contributed by atoms with van der Waals surface area (Å²) in [6.45, 7) is 2.08. The first kappa shape index (κ1) is 14.7. The maximum Gasteiger partial charge on any atom is 0.328 e. The number of rotatable bonds is 5. The van der Waals surface area contributed by atoms with Crippen LogP contribution >= 0.6 is 0 Å². The zero-order valence-electron chi connectivity index (χ0n) is 12.4. The molecule has 0 fully saturated rings. The number of benzene rings is 1. The lowest BCUT2D eigenvalue weighted by Crippen LogP contribution is -2.12. The molecule has 3 rings (SSSR count). The van der Waals surface area contributed by atoms with Crippen molar-refractivity contribution in [2.45, 2.75) is 13.5 Å². The van der Waals surface area contributed by atoms with Gasteiger partial charge in [0.15, 0.2) is 5.82 Å². The molecule has 0 saturated heterocycles. The van der Waals surface area contributed by atoms with Gasteiger partial charge in [-0.25, -0.2) is 4.98 Å². The summed E-state index contributed by atoms with van der Waals surface area (Å²) < 4.78 is 10.4. The quantitative estimate of drug-likeness (QED) is 0.779. The van der Waals surface area contributed by atoms with Crippen molar-refractivity contribution in [3.63, 3.8) is 0 Å². The Morgan fingerprint density at radius 1 is 1.22 bits per heavy atom. The van der Waals surface area contributed by atoms with Crippen LogP contribution in [-0.4, -0.2) is 21.0 Å². The molecule has 0 aliphatic carbocycles. The summed E-state index contributed by atoms with van der Waals surface area (Å²) in [5.74, 6) is 0.512. The van der Waals surface area contributed by atoms with Crippen LogP contribution in [0.5, 0.6) is 5.88 Å². The van der Waals surface area contributed by atoms with Gasteiger partial charge in [-0.05, 0) is 18.6 Å². The predicted octanol–water partition coefficient (Wildman–Crippen LogP) is 2.60. The van der Waals surface area contributed by atoms with Crippen molar-refractivity contribution >= 4 is 11.9 Å². The second-order valence-electron chi connectivity index (χ2n) is 4.76. The van der Waals surface area contributed by atoms with Gasteiger partial charge in [0.1, 0.15) is 6.61 Å². The third kappa shape index (κ3) is 3.91. The van der Waals surface area contributed by atoms with Gasteiger partial charge in [0, 0.05) is 12.3 Å². The summed E-state index contributed by atoms with van der Waals surface area (Å²) in [5, 5.41) is 6.09. The van der Waals surface area contributed by atoms with E-state index in [0.29, 0.717) is 23.9 Å². The lowest BCUT2D eigenvalue weighted by atomic mass is 10.2. The van der Waals surface area contributed by atoms with Crippen molar-refractivity contribution < 1.29 is 14.1 Å². The summed E-state index contributed by atoms with van der Waals surface area (Å²) in [6.07, 6.45) is 1.43. The van der Waals surface area contributed by atoms with Crippen molar-refractivity contribution in [2.75, 3.05) is 5.32 Å². The van der Waals surface area contributed by atoms with E-state index in [1.54, 1.807) is 19.1 Å². The maximum absolute atomic E-state index is 12.0. The first-order chi connectivity index (χ1) is 11.2. The number of anilines is 1. The Bertz CT molecular complexity index is 785. The number of aryl methyl sites for hydroxylation is 1. The zero-order valence-corrected chi connectivity index (χ0v) is 12.4. The van der Waals surface area contributed by atoms with Gasteiger partial charge in [0.2, 0.25) is 5.88 Å². The van der Waals surface area contributed by atoms with Crippen LogP contribution in [0, 0.1) is 6.92 Å². The number of pyridine rings is 1. The summed E-state index contributed by atoms with van der Waals surface area (Å²) in [5.41, 5.74) is 1.41. The maximum atomic E-state index is 12.0. The van der Waals surface area contributed by atoms with Crippen LogP contribution in [0.2, 0.25) is 0 Å². The average molecular weight is 310 g/mol. The van der Waals surface area contributed by atoms with Crippen LogP contribution in [0.4, 0.5) is 6.01 Å². The molecule has 2 aromatic heterocycles. The van der Waals surface area contributed by atoms with E-state index in [9.17, 15) is 4.79 Å². The molecule has 0 aliphatic rings. The molecule has 0 bridgehead atoms. The van der Waals surface area contributed by atoms with Crippen LogP contribution in [0.15, 0.2) is 53.2 Å². The topological polar surface area (TPSA) is 90.1 Å². The number of carbonyl (C=O) groups is 1. The number of ether oxygens (including phenoxy) is 1. The minimum Gasteiger partial charge on any atom is -0.473 e. The van der Waals surface area contributed by atoms with Gasteiger partial charge in [-0.1, -0.05) is 35.5 Å². The summed E-state index contributed by atoms with van der Waals surface area (Å²) in [7, 11) is 0.